The van der Waals surface area contributed by atoms with E-state index in [0.29, 0.717) is 5.89 Å². The summed E-state index contributed by atoms with van der Waals surface area (Å²) in [5, 5.41) is 0. The van der Waals surface area contributed by atoms with Gasteiger partial charge in [0, 0.05) is 35.5 Å². The van der Waals surface area contributed by atoms with Gasteiger partial charge in [-0.05, 0) is 68.2 Å². The second kappa shape index (κ2) is 8.95. The fourth-order valence-electron chi connectivity index (χ4n) is 3.66. The van der Waals surface area contributed by atoms with Crippen molar-refractivity contribution >= 4 is 12.0 Å². The molecule has 0 radical (unpaired) electrons. The molecule has 4 rings (SSSR count). The molecule has 0 unspecified atom stereocenters. The van der Waals surface area contributed by atoms with Crippen LogP contribution in [0.5, 0.6) is 0 Å². The number of hydrogen-bond donors (Lipinski definition) is 0. The third-order valence-corrected chi connectivity index (χ3v) is 5.89. The molecule has 28 heavy (non-hydrogen) atoms. The van der Waals surface area contributed by atoms with Crippen molar-refractivity contribution in [3.05, 3.63) is 60.0 Å². The van der Waals surface area contributed by atoms with Crippen LogP contribution in [0.3, 0.4) is 0 Å². The van der Waals surface area contributed by atoms with Gasteiger partial charge in [-0.2, -0.15) is 0 Å². The zero-order valence-electron chi connectivity index (χ0n) is 16.5. The van der Waals surface area contributed by atoms with E-state index in [2.05, 4.69) is 53.4 Å². The third kappa shape index (κ3) is 4.49. The average Bonchev–Trinajstić information content (AvgIpc) is 3.37. The first-order chi connectivity index (χ1) is 13.7. The second-order valence-corrected chi connectivity index (χ2v) is 8.14. The van der Waals surface area contributed by atoms with Crippen LogP contribution in [0.15, 0.2) is 57.8 Å². The smallest absolute Gasteiger partial charge is 0.226 e. The van der Waals surface area contributed by atoms with Gasteiger partial charge in [0.05, 0.1) is 12.8 Å². The van der Waals surface area contributed by atoms with Crippen molar-refractivity contribution < 1.29 is 8.60 Å². The zero-order chi connectivity index (χ0) is 19.3. The number of hydrogen-bond acceptors (Lipinski definition) is 5. The van der Waals surface area contributed by atoms with Crippen molar-refractivity contribution in [2.75, 3.05) is 26.7 Å². The average molecular weight is 395 g/mol. The molecule has 146 valence electrons. The number of aromatic nitrogens is 1. The van der Waals surface area contributed by atoms with Gasteiger partial charge in [-0.3, -0.25) is 0 Å². The van der Waals surface area contributed by atoms with E-state index in [1.54, 1.807) is 7.11 Å². The standard InChI is InChI=1S/C23H26N2O2S/c1-17-22(13-16-25-14-3-4-15-25)24-23(27-17)20-7-5-18(6-8-20)19-9-11-21(12-10-19)28-26-2/h5-12H,3-4,13-16H2,1-2H3. The molecule has 1 fully saturated rings. The summed E-state index contributed by atoms with van der Waals surface area (Å²) in [6, 6.07) is 16.8. The lowest BCUT2D eigenvalue weighted by molar-refractivity contribution is 0.341. The van der Waals surface area contributed by atoms with Crippen molar-refractivity contribution in [1.29, 1.82) is 0 Å². The minimum atomic E-state index is 0.715. The van der Waals surface area contributed by atoms with Gasteiger partial charge in [-0.1, -0.05) is 24.3 Å². The van der Waals surface area contributed by atoms with E-state index in [9.17, 15) is 0 Å². The van der Waals surface area contributed by atoms with Gasteiger partial charge < -0.3 is 13.5 Å². The molecule has 0 aliphatic carbocycles. The van der Waals surface area contributed by atoms with Crippen LogP contribution in [0.4, 0.5) is 0 Å². The van der Waals surface area contributed by atoms with Crippen LogP contribution in [0, 0.1) is 6.92 Å². The normalized spacial score (nSPS) is 14.6. The highest BCUT2D eigenvalue weighted by Gasteiger charge is 2.15. The Morgan fingerprint density at radius 1 is 0.964 bits per heavy atom. The number of nitrogens with zero attached hydrogens (tertiary/aromatic N) is 2. The van der Waals surface area contributed by atoms with Gasteiger partial charge >= 0.3 is 0 Å². The second-order valence-electron chi connectivity index (χ2n) is 7.17. The fourth-order valence-corrected chi connectivity index (χ4v) is 4.10. The molecule has 0 spiro atoms. The van der Waals surface area contributed by atoms with Crippen molar-refractivity contribution in [3.63, 3.8) is 0 Å². The zero-order valence-corrected chi connectivity index (χ0v) is 17.3. The van der Waals surface area contributed by atoms with Gasteiger partial charge in [-0.15, -0.1) is 0 Å². The Hall–Kier alpha value is -2.08. The summed E-state index contributed by atoms with van der Waals surface area (Å²) >= 11 is 1.37. The molecular weight excluding hydrogens is 368 g/mol. The first-order valence-corrected chi connectivity index (χ1v) is 10.6. The number of likely N-dealkylation sites (tertiary alicyclic amines) is 1. The minimum Gasteiger partial charge on any atom is -0.441 e. The maximum Gasteiger partial charge on any atom is 0.226 e. The highest BCUT2D eigenvalue weighted by atomic mass is 32.2. The van der Waals surface area contributed by atoms with Crippen molar-refractivity contribution in [2.24, 2.45) is 0 Å². The Labute approximate surface area is 171 Å². The van der Waals surface area contributed by atoms with Crippen molar-refractivity contribution in [3.8, 4) is 22.6 Å². The lowest BCUT2D eigenvalue weighted by Crippen LogP contribution is -2.22. The lowest BCUT2D eigenvalue weighted by atomic mass is 10.0. The van der Waals surface area contributed by atoms with E-state index in [4.69, 9.17) is 13.6 Å². The largest absolute Gasteiger partial charge is 0.441 e. The first kappa shape index (κ1) is 19.2. The Bertz CT molecular complexity index is 897. The predicted molar refractivity (Wildman–Crippen MR) is 114 cm³/mol. The number of oxazole rings is 1. The van der Waals surface area contributed by atoms with Crippen LogP contribution < -0.4 is 0 Å². The summed E-state index contributed by atoms with van der Waals surface area (Å²) in [6.45, 7) is 5.53. The molecule has 0 saturated carbocycles. The van der Waals surface area contributed by atoms with E-state index < -0.39 is 0 Å². The molecule has 0 N–H and O–H groups in total. The van der Waals surface area contributed by atoms with Crippen molar-refractivity contribution in [1.82, 2.24) is 9.88 Å². The molecule has 0 bridgehead atoms. The molecule has 2 heterocycles. The molecule has 2 aromatic carbocycles. The van der Waals surface area contributed by atoms with E-state index >= 15 is 0 Å². The summed E-state index contributed by atoms with van der Waals surface area (Å²) in [7, 11) is 1.68. The molecule has 0 atom stereocenters. The Morgan fingerprint density at radius 3 is 2.21 bits per heavy atom. The van der Waals surface area contributed by atoms with Crippen LogP contribution >= 0.6 is 12.0 Å². The highest BCUT2D eigenvalue weighted by Crippen LogP contribution is 2.28. The van der Waals surface area contributed by atoms with Crippen LogP contribution in [0.25, 0.3) is 22.6 Å². The Kier molecular flexibility index (Phi) is 6.15. The topological polar surface area (TPSA) is 38.5 Å². The van der Waals surface area contributed by atoms with E-state index in [1.165, 1.54) is 49.1 Å². The molecule has 1 aliphatic heterocycles. The minimum absolute atomic E-state index is 0.715. The van der Waals surface area contributed by atoms with E-state index in [1.807, 2.05) is 6.92 Å². The molecule has 1 saturated heterocycles. The number of aryl methyl sites for hydroxylation is 1. The van der Waals surface area contributed by atoms with Gasteiger partial charge in [0.25, 0.3) is 0 Å². The lowest BCUT2D eigenvalue weighted by Gasteiger charge is -2.12. The molecular formula is C23H26N2O2S. The molecule has 1 aliphatic rings. The summed E-state index contributed by atoms with van der Waals surface area (Å²) in [5.74, 6) is 1.65. The maximum atomic E-state index is 5.96. The molecule has 3 aromatic rings. The molecule has 4 nitrogen and oxygen atoms in total. The van der Waals surface area contributed by atoms with Crippen LogP contribution in [0.1, 0.15) is 24.3 Å². The highest BCUT2D eigenvalue weighted by molar-refractivity contribution is 7.94. The third-order valence-electron chi connectivity index (χ3n) is 5.26. The van der Waals surface area contributed by atoms with E-state index in [-0.39, 0.29) is 0 Å². The first-order valence-electron chi connectivity index (χ1n) is 9.83. The van der Waals surface area contributed by atoms with Gasteiger partial charge in [0.1, 0.15) is 5.76 Å². The quantitative estimate of drug-likeness (QED) is 0.487. The monoisotopic (exact) mass is 394 g/mol. The van der Waals surface area contributed by atoms with Gasteiger partial charge in [0.2, 0.25) is 5.89 Å². The summed E-state index contributed by atoms with van der Waals surface area (Å²) in [6.07, 6.45) is 3.60. The summed E-state index contributed by atoms with van der Waals surface area (Å²) in [4.78, 5) is 8.38. The summed E-state index contributed by atoms with van der Waals surface area (Å²) in [5.41, 5.74) is 4.46. The Morgan fingerprint density at radius 2 is 1.57 bits per heavy atom. The van der Waals surface area contributed by atoms with Crippen LogP contribution in [-0.2, 0) is 10.6 Å². The predicted octanol–water partition coefficient (Wildman–Crippen LogP) is 5.61. The van der Waals surface area contributed by atoms with Crippen LogP contribution in [0.2, 0.25) is 0 Å². The van der Waals surface area contributed by atoms with Crippen molar-refractivity contribution in [2.45, 2.75) is 31.1 Å². The SMILES string of the molecule is COSc1ccc(-c2ccc(-c3nc(CCN4CCCC4)c(C)o3)cc2)cc1. The van der Waals surface area contributed by atoms with Crippen LogP contribution in [-0.4, -0.2) is 36.6 Å². The summed E-state index contributed by atoms with van der Waals surface area (Å²) < 4.78 is 11.1. The number of benzene rings is 2. The molecule has 5 heteroatoms. The molecule has 1 aromatic heterocycles. The van der Waals surface area contributed by atoms with E-state index in [0.717, 1.165) is 34.9 Å². The van der Waals surface area contributed by atoms with Gasteiger partial charge in [0.15, 0.2) is 0 Å². The number of rotatable bonds is 7. The Balaban J connectivity index is 1.45. The van der Waals surface area contributed by atoms with Gasteiger partial charge in [-0.25, -0.2) is 4.98 Å². The maximum absolute atomic E-state index is 5.96. The molecule has 0 amide bonds. The fraction of sp³-hybridized carbons (Fsp3) is 0.348.